The summed E-state index contributed by atoms with van der Waals surface area (Å²) in [5, 5.41) is 8.79. The van der Waals surface area contributed by atoms with Crippen LogP contribution in [-0.2, 0) is 12.7 Å². The Hall–Kier alpha value is -1.54. The molecule has 0 radical (unpaired) electrons. The molecule has 1 aromatic rings. The Bertz CT molecular complexity index is 556. The second kappa shape index (κ2) is 7.46. The van der Waals surface area contributed by atoms with Crippen molar-refractivity contribution in [3.63, 3.8) is 0 Å². The van der Waals surface area contributed by atoms with Crippen molar-refractivity contribution in [3.8, 4) is 0 Å². The molecule has 0 bridgehead atoms. The number of hydrogen-bond acceptors (Lipinski definition) is 3. The van der Waals surface area contributed by atoms with E-state index in [0.717, 1.165) is 0 Å². The number of carboxylic acid groups (broad SMARTS) is 1. The van der Waals surface area contributed by atoms with Gasteiger partial charge in [0.1, 0.15) is 11.3 Å². The molecule has 0 aliphatic heterocycles. The fourth-order valence-electron chi connectivity index (χ4n) is 1.76. The Morgan fingerprint density at radius 2 is 1.90 bits per heavy atom. The van der Waals surface area contributed by atoms with Gasteiger partial charge in [0.15, 0.2) is 0 Å². The molecule has 1 aromatic heterocycles. The number of aromatic nitrogens is 1. The van der Waals surface area contributed by atoms with Crippen molar-refractivity contribution in [1.29, 1.82) is 0 Å². The maximum atomic E-state index is 12.8. The maximum absolute atomic E-state index is 12.8. The van der Waals surface area contributed by atoms with Crippen molar-refractivity contribution < 1.29 is 23.1 Å². The quantitative estimate of drug-likeness (QED) is 0.897. The van der Waals surface area contributed by atoms with Crippen LogP contribution in [0.5, 0.6) is 0 Å². The summed E-state index contributed by atoms with van der Waals surface area (Å²) in [7, 11) is 3.50. The van der Waals surface area contributed by atoms with Gasteiger partial charge < -0.3 is 14.6 Å². The van der Waals surface area contributed by atoms with Crippen LogP contribution in [0, 0.1) is 0 Å². The van der Waals surface area contributed by atoms with Gasteiger partial charge in [-0.2, -0.15) is 13.2 Å². The largest absolute Gasteiger partial charge is 0.477 e. The fraction of sp³-hybridized carbons (Fsp3) is 0.500. The molecule has 5 nitrogen and oxygen atoms in total. The Labute approximate surface area is 125 Å². The summed E-state index contributed by atoms with van der Waals surface area (Å²) in [4.78, 5) is 24.4. The molecule has 0 amide bonds. The highest BCUT2D eigenvalue weighted by Gasteiger charge is 2.35. The number of nitrogens with zero attached hydrogens (tertiary/aromatic N) is 2. The minimum Gasteiger partial charge on any atom is -0.477 e. The van der Waals surface area contributed by atoms with Crippen LogP contribution >= 0.6 is 12.4 Å². The van der Waals surface area contributed by atoms with E-state index >= 15 is 0 Å². The van der Waals surface area contributed by atoms with Crippen LogP contribution in [0.2, 0.25) is 0 Å². The van der Waals surface area contributed by atoms with Gasteiger partial charge in [0.2, 0.25) is 0 Å². The molecular formula is C12H16ClF3N2O3. The Balaban J connectivity index is 0.00000400. The lowest BCUT2D eigenvalue weighted by Gasteiger charge is -2.17. The molecule has 0 aliphatic rings. The Morgan fingerprint density at radius 3 is 2.33 bits per heavy atom. The second-order valence-corrected chi connectivity index (χ2v) is 4.55. The van der Waals surface area contributed by atoms with Crippen LogP contribution in [-0.4, -0.2) is 41.2 Å². The molecule has 0 fully saturated rings. The van der Waals surface area contributed by atoms with Crippen molar-refractivity contribution >= 4 is 18.4 Å². The van der Waals surface area contributed by atoms with Gasteiger partial charge in [0, 0.05) is 6.54 Å². The summed E-state index contributed by atoms with van der Waals surface area (Å²) >= 11 is 0. The molecule has 0 atom stereocenters. The summed E-state index contributed by atoms with van der Waals surface area (Å²) in [5.74, 6) is -1.54. The Morgan fingerprint density at radius 1 is 1.33 bits per heavy atom. The molecule has 21 heavy (non-hydrogen) atoms. The molecule has 1 rings (SSSR count). The van der Waals surface area contributed by atoms with E-state index in [1.165, 1.54) is 0 Å². The van der Waals surface area contributed by atoms with Crippen LogP contribution < -0.4 is 5.56 Å². The number of hydrogen-bond donors (Lipinski definition) is 1. The van der Waals surface area contributed by atoms with E-state index in [2.05, 4.69) is 0 Å². The maximum Gasteiger partial charge on any atom is 0.431 e. The molecule has 0 saturated heterocycles. The van der Waals surface area contributed by atoms with Crippen LogP contribution in [0.25, 0.3) is 0 Å². The Kier molecular flexibility index (Phi) is 6.92. The second-order valence-electron chi connectivity index (χ2n) is 4.55. The number of aromatic carboxylic acids is 1. The van der Waals surface area contributed by atoms with Gasteiger partial charge in [-0.25, -0.2) is 4.79 Å². The van der Waals surface area contributed by atoms with Gasteiger partial charge in [-0.1, -0.05) is 0 Å². The molecule has 0 aliphatic carbocycles. The zero-order chi connectivity index (χ0) is 15.5. The first-order valence-corrected chi connectivity index (χ1v) is 5.83. The standard InChI is InChI=1S/C12H15F3N2O3.ClH/c1-16(2)6-3-7-17-9(12(13,14)15)5-4-8(10(17)18)11(19)20;/h4-5H,3,6-7H2,1-2H3,(H,19,20);1H. The molecule has 1 N–H and O–H groups in total. The highest BCUT2D eigenvalue weighted by atomic mass is 35.5. The zero-order valence-corrected chi connectivity index (χ0v) is 12.3. The first-order valence-electron chi connectivity index (χ1n) is 5.83. The van der Waals surface area contributed by atoms with Crippen LogP contribution in [0.1, 0.15) is 22.5 Å². The van der Waals surface area contributed by atoms with E-state index in [4.69, 9.17) is 5.11 Å². The van der Waals surface area contributed by atoms with E-state index < -0.39 is 29.0 Å². The number of alkyl halides is 3. The highest BCUT2D eigenvalue weighted by molar-refractivity contribution is 5.87. The third-order valence-electron chi connectivity index (χ3n) is 2.68. The van der Waals surface area contributed by atoms with Crippen LogP contribution in [0.3, 0.4) is 0 Å². The van der Waals surface area contributed by atoms with E-state index in [1.54, 1.807) is 19.0 Å². The van der Waals surface area contributed by atoms with Crippen molar-refractivity contribution in [2.75, 3.05) is 20.6 Å². The normalized spacial score (nSPS) is 11.3. The van der Waals surface area contributed by atoms with Gasteiger partial charge in [-0.15, -0.1) is 12.4 Å². The molecule has 1 heterocycles. The third-order valence-corrected chi connectivity index (χ3v) is 2.68. The number of halogens is 4. The smallest absolute Gasteiger partial charge is 0.431 e. The molecule has 9 heteroatoms. The zero-order valence-electron chi connectivity index (χ0n) is 11.5. The number of rotatable bonds is 5. The summed E-state index contributed by atoms with van der Waals surface area (Å²) in [6.45, 7) is 0.300. The van der Waals surface area contributed by atoms with Gasteiger partial charge in [0.25, 0.3) is 5.56 Å². The number of pyridine rings is 1. The molecular weight excluding hydrogens is 313 g/mol. The van der Waals surface area contributed by atoms with Crippen LogP contribution in [0.4, 0.5) is 13.2 Å². The van der Waals surface area contributed by atoms with Crippen molar-refractivity contribution in [1.82, 2.24) is 9.47 Å². The summed E-state index contributed by atoms with van der Waals surface area (Å²) < 4.78 is 39.0. The van der Waals surface area contributed by atoms with Gasteiger partial charge in [-0.3, -0.25) is 4.79 Å². The lowest BCUT2D eigenvalue weighted by atomic mass is 10.2. The van der Waals surface area contributed by atoms with E-state index in [-0.39, 0.29) is 19.0 Å². The SMILES string of the molecule is CN(C)CCCn1c(C(F)(F)F)ccc(C(=O)O)c1=O.Cl. The van der Waals surface area contributed by atoms with E-state index in [1.807, 2.05) is 0 Å². The first-order chi connectivity index (χ1) is 9.14. The summed E-state index contributed by atoms with van der Waals surface area (Å²) in [6, 6.07) is 1.32. The van der Waals surface area contributed by atoms with Crippen molar-refractivity contribution in [2.45, 2.75) is 19.1 Å². The fourth-order valence-corrected chi connectivity index (χ4v) is 1.76. The van der Waals surface area contributed by atoms with Crippen molar-refractivity contribution in [3.05, 3.63) is 33.7 Å². The molecule has 0 aromatic carbocycles. The third kappa shape index (κ3) is 5.05. The average Bonchev–Trinajstić information content (AvgIpc) is 2.28. The predicted octanol–water partition coefficient (Wildman–Crippen LogP) is 1.94. The molecule has 0 saturated carbocycles. The highest BCUT2D eigenvalue weighted by Crippen LogP contribution is 2.28. The monoisotopic (exact) mass is 328 g/mol. The molecule has 120 valence electrons. The minimum absolute atomic E-state index is 0. The topological polar surface area (TPSA) is 62.5 Å². The number of carbonyl (C=O) groups is 1. The summed E-state index contributed by atoms with van der Waals surface area (Å²) in [5.41, 5.74) is -2.93. The first kappa shape index (κ1) is 19.5. The van der Waals surface area contributed by atoms with Crippen molar-refractivity contribution in [2.24, 2.45) is 0 Å². The van der Waals surface area contributed by atoms with E-state index in [9.17, 15) is 22.8 Å². The minimum atomic E-state index is -4.70. The van der Waals surface area contributed by atoms with Crippen LogP contribution in [0.15, 0.2) is 16.9 Å². The number of carboxylic acids is 1. The lowest BCUT2D eigenvalue weighted by molar-refractivity contribution is -0.144. The van der Waals surface area contributed by atoms with Gasteiger partial charge in [0.05, 0.1) is 0 Å². The van der Waals surface area contributed by atoms with Gasteiger partial charge in [-0.05, 0) is 39.2 Å². The van der Waals surface area contributed by atoms with Gasteiger partial charge >= 0.3 is 12.1 Å². The molecule has 0 unspecified atom stereocenters. The lowest BCUT2D eigenvalue weighted by Crippen LogP contribution is -2.32. The average molecular weight is 329 g/mol. The molecule has 0 spiro atoms. The van der Waals surface area contributed by atoms with E-state index in [0.29, 0.717) is 29.7 Å². The summed E-state index contributed by atoms with van der Waals surface area (Å²) in [6.07, 6.45) is -4.40. The predicted molar refractivity (Wildman–Crippen MR) is 73.1 cm³/mol.